The quantitative estimate of drug-likeness (QED) is 0.789. The zero-order valence-electron chi connectivity index (χ0n) is 14.4. The summed E-state index contributed by atoms with van der Waals surface area (Å²) < 4.78 is 5.45. The van der Waals surface area contributed by atoms with Gasteiger partial charge in [0.05, 0.1) is 18.7 Å². The molecule has 1 fully saturated rings. The lowest BCUT2D eigenvalue weighted by atomic mass is 10.1. The molecule has 128 valence electrons. The molecule has 2 heterocycles. The van der Waals surface area contributed by atoms with E-state index in [9.17, 15) is 0 Å². The van der Waals surface area contributed by atoms with Gasteiger partial charge in [-0.15, -0.1) is 0 Å². The second-order valence-corrected chi connectivity index (χ2v) is 6.27. The fourth-order valence-corrected chi connectivity index (χ4v) is 3.11. The molecule has 0 bridgehead atoms. The maximum absolute atomic E-state index is 5.45. The van der Waals surface area contributed by atoms with E-state index in [0.29, 0.717) is 0 Å². The highest BCUT2D eigenvalue weighted by atomic mass is 16.5. The van der Waals surface area contributed by atoms with E-state index in [1.54, 1.807) is 0 Å². The minimum Gasteiger partial charge on any atom is -0.378 e. The summed E-state index contributed by atoms with van der Waals surface area (Å²) in [6.07, 6.45) is 0. The largest absolute Gasteiger partial charge is 0.378 e. The summed E-state index contributed by atoms with van der Waals surface area (Å²) in [6.45, 7) is 5.25. The van der Waals surface area contributed by atoms with Crippen LogP contribution in [0.4, 0.5) is 11.8 Å². The van der Waals surface area contributed by atoms with Crippen molar-refractivity contribution in [2.24, 2.45) is 0 Å². The van der Waals surface area contributed by atoms with E-state index in [1.165, 1.54) is 5.56 Å². The van der Waals surface area contributed by atoms with Gasteiger partial charge in [0.25, 0.3) is 0 Å². The first kappa shape index (κ1) is 15.8. The van der Waals surface area contributed by atoms with Gasteiger partial charge in [0.1, 0.15) is 5.82 Å². The lowest BCUT2D eigenvalue weighted by Gasteiger charge is -2.27. The summed E-state index contributed by atoms with van der Waals surface area (Å²) in [6, 6.07) is 18.7. The van der Waals surface area contributed by atoms with Crippen molar-refractivity contribution < 1.29 is 4.74 Å². The second kappa shape index (κ2) is 7.07. The molecule has 1 aliphatic heterocycles. The average Bonchev–Trinajstić information content (AvgIpc) is 2.69. The van der Waals surface area contributed by atoms with Crippen LogP contribution in [0.25, 0.3) is 10.9 Å². The van der Waals surface area contributed by atoms with Crippen LogP contribution in [0.5, 0.6) is 0 Å². The van der Waals surface area contributed by atoms with Gasteiger partial charge >= 0.3 is 0 Å². The van der Waals surface area contributed by atoms with Gasteiger partial charge in [0.2, 0.25) is 5.95 Å². The van der Waals surface area contributed by atoms with E-state index < -0.39 is 0 Å². The fraction of sp³-hybridized carbons (Fsp3) is 0.300. The molecule has 5 nitrogen and oxygen atoms in total. The zero-order valence-corrected chi connectivity index (χ0v) is 14.4. The number of benzene rings is 2. The monoisotopic (exact) mass is 334 g/mol. The zero-order chi connectivity index (χ0) is 17.1. The van der Waals surface area contributed by atoms with Crippen LogP contribution in [0.3, 0.4) is 0 Å². The van der Waals surface area contributed by atoms with Crippen LogP contribution in [0.1, 0.15) is 18.5 Å². The summed E-state index contributed by atoms with van der Waals surface area (Å²) in [5.74, 6) is 1.65. The number of para-hydroxylation sites is 1. The minimum absolute atomic E-state index is 0.164. The Kier molecular flexibility index (Phi) is 4.48. The highest BCUT2D eigenvalue weighted by Gasteiger charge is 2.17. The number of rotatable bonds is 4. The third-order valence-corrected chi connectivity index (χ3v) is 4.54. The van der Waals surface area contributed by atoms with Crippen molar-refractivity contribution >= 4 is 22.7 Å². The van der Waals surface area contributed by atoms with Gasteiger partial charge in [-0.05, 0) is 24.6 Å². The van der Waals surface area contributed by atoms with Gasteiger partial charge in [-0.2, -0.15) is 4.98 Å². The van der Waals surface area contributed by atoms with Crippen molar-refractivity contribution in [3.63, 3.8) is 0 Å². The molecule has 2 aromatic carbocycles. The van der Waals surface area contributed by atoms with Crippen molar-refractivity contribution in [2.45, 2.75) is 13.0 Å². The lowest BCUT2D eigenvalue weighted by Crippen LogP contribution is -2.37. The number of aromatic nitrogens is 2. The normalized spacial score (nSPS) is 16.0. The maximum Gasteiger partial charge on any atom is 0.228 e. The number of anilines is 2. The third-order valence-electron chi connectivity index (χ3n) is 4.54. The van der Waals surface area contributed by atoms with Crippen LogP contribution in [-0.4, -0.2) is 36.3 Å². The van der Waals surface area contributed by atoms with E-state index in [-0.39, 0.29) is 6.04 Å². The van der Waals surface area contributed by atoms with E-state index in [0.717, 1.165) is 49.0 Å². The minimum atomic E-state index is 0.164. The molecule has 1 aromatic heterocycles. The maximum atomic E-state index is 5.45. The van der Waals surface area contributed by atoms with Crippen molar-refractivity contribution in [1.82, 2.24) is 9.97 Å². The third kappa shape index (κ3) is 3.42. The van der Waals surface area contributed by atoms with Gasteiger partial charge in [0, 0.05) is 24.5 Å². The molecule has 1 saturated heterocycles. The van der Waals surface area contributed by atoms with Gasteiger partial charge in [0.15, 0.2) is 0 Å². The molecular formula is C20H22N4O. The summed E-state index contributed by atoms with van der Waals surface area (Å²) in [7, 11) is 0. The number of hydrogen-bond donors (Lipinski definition) is 1. The van der Waals surface area contributed by atoms with Gasteiger partial charge in [-0.25, -0.2) is 4.98 Å². The highest BCUT2D eigenvalue weighted by Crippen LogP contribution is 2.27. The Bertz CT molecular complexity index is 847. The SMILES string of the molecule is C[C@@H](Nc1nc(N2CCOCC2)nc2ccccc12)c1ccccc1. The molecule has 4 rings (SSSR count). The van der Waals surface area contributed by atoms with Gasteiger partial charge < -0.3 is 15.0 Å². The average molecular weight is 334 g/mol. The first-order valence-corrected chi connectivity index (χ1v) is 8.72. The summed E-state index contributed by atoms with van der Waals surface area (Å²) in [5.41, 5.74) is 2.19. The Balaban J connectivity index is 1.70. The standard InChI is InChI=1S/C20H22N4O/c1-15(16-7-3-2-4-8-16)21-19-17-9-5-6-10-18(17)22-20(23-19)24-11-13-25-14-12-24/h2-10,15H,11-14H2,1H3,(H,21,22,23)/t15-/m1/s1. The molecule has 1 atom stereocenters. The van der Waals surface area contributed by atoms with Crippen LogP contribution < -0.4 is 10.2 Å². The number of hydrogen-bond acceptors (Lipinski definition) is 5. The van der Waals surface area contributed by atoms with Crippen molar-refractivity contribution in [2.75, 3.05) is 36.5 Å². The van der Waals surface area contributed by atoms with Crippen LogP contribution in [0.15, 0.2) is 54.6 Å². The Labute approximate surface area is 147 Å². The summed E-state index contributed by atoms with van der Waals surface area (Å²) >= 11 is 0. The number of ether oxygens (including phenoxy) is 1. The van der Waals surface area contributed by atoms with Crippen LogP contribution in [0.2, 0.25) is 0 Å². The molecule has 0 aliphatic carbocycles. The molecule has 0 amide bonds. The highest BCUT2D eigenvalue weighted by molar-refractivity contribution is 5.90. The summed E-state index contributed by atoms with van der Waals surface area (Å²) in [4.78, 5) is 11.8. The molecule has 1 N–H and O–H groups in total. The number of fused-ring (bicyclic) bond motifs is 1. The number of morpholine rings is 1. The van der Waals surface area contributed by atoms with E-state index in [1.807, 2.05) is 24.3 Å². The van der Waals surface area contributed by atoms with Crippen molar-refractivity contribution in [3.05, 3.63) is 60.2 Å². The predicted octanol–water partition coefficient (Wildman–Crippen LogP) is 3.64. The molecule has 5 heteroatoms. The Morgan fingerprint density at radius 3 is 2.48 bits per heavy atom. The molecule has 1 aliphatic rings. The molecular weight excluding hydrogens is 312 g/mol. The van der Waals surface area contributed by atoms with Crippen LogP contribution >= 0.6 is 0 Å². The van der Waals surface area contributed by atoms with E-state index in [4.69, 9.17) is 14.7 Å². The summed E-state index contributed by atoms with van der Waals surface area (Å²) in [5, 5.41) is 4.62. The first-order chi connectivity index (χ1) is 12.3. The second-order valence-electron chi connectivity index (χ2n) is 6.27. The molecule has 3 aromatic rings. The predicted molar refractivity (Wildman–Crippen MR) is 101 cm³/mol. The first-order valence-electron chi connectivity index (χ1n) is 8.72. The molecule has 0 saturated carbocycles. The van der Waals surface area contributed by atoms with E-state index >= 15 is 0 Å². The molecule has 25 heavy (non-hydrogen) atoms. The number of nitrogens with zero attached hydrogens (tertiary/aromatic N) is 3. The smallest absolute Gasteiger partial charge is 0.228 e. The van der Waals surface area contributed by atoms with E-state index in [2.05, 4.69) is 47.5 Å². The topological polar surface area (TPSA) is 50.3 Å². The van der Waals surface area contributed by atoms with Crippen molar-refractivity contribution in [3.8, 4) is 0 Å². The Morgan fingerprint density at radius 1 is 0.960 bits per heavy atom. The van der Waals surface area contributed by atoms with Crippen LogP contribution in [0, 0.1) is 0 Å². The Morgan fingerprint density at radius 2 is 1.68 bits per heavy atom. The molecule has 0 radical (unpaired) electrons. The van der Waals surface area contributed by atoms with Crippen LogP contribution in [-0.2, 0) is 4.74 Å². The fourth-order valence-electron chi connectivity index (χ4n) is 3.11. The van der Waals surface area contributed by atoms with Gasteiger partial charge in [-0.1, -0.05) is 42.5 Å². The Hall–Kier alpha value is -2.66. The molecule has 0 unspecified atom stereocenters. The van der Waals surface area contributed by atoms with Crippen molar-refractivity contribution in [1.29, 1.82) is 0 Å². The van der Waals surface area contributed by atoms with Gasteiger partial charge in [-0.3, -0.25) is 0 Å². The lowest BCUT2D eigenvalue weighted by molar-refractivity contribution is 0.122. The molecule has 0 spiro atoms. The number of nitrogens with one attached hydrogen (secondary N) is 1.